The summed E-state index contributed by atoms with van der Waals surface area (Å²) < 4.78 is 17.8. The Labute approximate surface area is 189 Å². The lowest BCUT2D eigenvalue weighted by atomic mass is 10.2. The number of rotatable bonds is 7. The molecule has 1 atom stereocenters. The molecule has 10 heteroatoms. The Bertz CT molecular complexity index is 1060. The maximum Gasteiger partial charge on any atom is 0.249 e. The Morgan fingerprint density at radius 3 is 3.03 bits per heavy atom. The van der Waals surface area contributed by atoms with Crippen LogP contribution in [0, 0.1) is 0 Å². The molecule has 1 fully saturated rings. The quantitative estimate of drug-likeness (QED) is 0.616. The van der Waals surface area contributed by atoms with Crippen molar-refractivity contribution in [2.45, 2.75) is 37.0 Å². The minimum Gasteiger partial charge on any atom is -0.454 e. The highest BCUT2D eigenvalue weighted by molar-refractivity contribution is 7.98. The van der Waals surface area contributed by atoms with Crippen LogP contribution in [0.3, 0.4) is 0 Å². The minimum absolute atomic E-state index is 0.0475. The lowest BCUT2D eigenvalue weighted by molar-refractivity contribution is -0.122. The molecule has 5 rings (SSSR count). The molecule has 0 aliphatic carbocycles. The number of hydrogen-bond acceptors (Lipinski definition) is 7. The summed E-state index contributed by atoms with van der Waals surface area (Å²) in [5.41, 5.74) is 2.72. The maximum absolute atomic E-state index is 12.6. The first kappa shape index (κ1) is 20.9. The van der Waals surface area contributed by atoms with Crippen molar-refractivity contribution in [3.8, 4) is 11.5 Å². The summed E-state index contributed by atoms with van der Waals surface area (Å²) >= 11 is 1.74. The number of carbonyl (C=O) groups excluding carboxylic acids is 2. The average molecular weight is 457 g/mol. The summed E-state index contributed by atoms with van der Waals surface area (Å²) in [5.74, 6) is 3.03. The van der Waals surface area contributed by atoms with E-state index in [2.05, 4.69) is 15.7 Å². The third-order valence-electron chi connectivity index (χ3n) is 5.53. The van der Waals surface area contributed by atoms with E-state index in [-0.39, 0.29) is 31.3 Å². The van der Waals surface area contributed by atoms with E-state index in [9.17, 15) is 9.59 Å². The first-order chi connectivity index (χ1) is 15.7. The van der Waals surface area contributed by atoms with E-state index in [0.717, 1.165) is 47.8 Å². The largest absolute Gasteiger partial charge is 0.454 e. The van der Waals surface area contributed by atoms with Crippen molar-refractivity contribution < 1.29 is 23.8 Å². The maximum atomic E-state index is 12.6. The SMILES string of the molecule is O=C(/C=C\c1ccc2c(c1)OCO2)Nc1c2c(nn1CC(=O)NCC1CCCO1)CSC2. The van der Waals surface area contributed by atoms with Gasteiger partial charge in [0, 0.05) is 36.3 Å². The van der Waals surface area contributed by atoms with Crippen LogP contribution in [0.25, 0.3) is 6.08 Å². The van der Waals surface area contributed by atoms with E-state index in [4.69, 9.17) is 14.2 Å². The Hall–Kier alpha value is -2.98. The molecule has 0 saturated carbocycles. The summed E-state index contributed by atoms with van der Waals surface area (Å²) in [6.45, 7) is 1.50. The molecule has 168 valence electrons. The smallest absolute Gasteiger partial charge is 0.249 e. The highest BCUT2D eigenvalue weighted by Crippen LogP contribution is 2.35. The van der Waals surface area contributed by atoms with E-state index < -0.39 is 0 Å². The van der Waals surface area contributed by atoms with Crippen LogP contribution >= 0.6 is 11.8 Å². The van der Waals surface area contributed by atoms with Crippen LogP contribution in [0.5, 0.6) is 11.5 Å². The number of amides is 2. The predicted molar refractivity (Wildman–Crippen MR) is 119 cm³/mol. The molecule has 2 aromatic rings. The number of ether oxygens (including phenoxy) is 3. The second-order valence-corrected chi connectivity index (χ2v) is 8.78. The number of anilines is 1. The zero-order valence-corrected chi connectivity index (χ0v) is 18.3. The van der Waals surface area contributed by atoms with Crippen molar-refractivity contribution in [3.05, 3.63) is 41.1 Å². The number of benzene rings is 1. The van der Waals surface area contributed by atoms with Crippen LogP contribution in [-0.2, 0) is 32.4 Å². The van der Waals surface area contributed by atoms with Crippen molar-refractivity contribution in [1.29, 1.82) is 0 Å². The lowest BCUT2D eigenvalue weighted by Gasteiger charge is -2.12. The van der Waals surface area contributed by atoms with Gasteiger partial charge in [0.05, 0.1) is 11.8 Å². The van der Waals surface area contributed by atoms with Crippen LogP contribution in [0.2, 0.25) is 0 Å². The molecule has 4 heterocycles. The highest BCUT2D eigenvalue weighted by Gasteiger charge is 2.25. The highest BCUT2D eigenvalue weighted by atomic mass is 32.2. The second kappa shape index (κ2) is 9.25. The average Bonchev–Trinajstić information content (AvgIpc) is 3.57. The molecule has 1 saturated heterocycles. The van der Waals surface area contributed by atoms with Gasteiger partial charge in [0.1, 0.15) is 12.4 Å². The van der Waals surface area contributed by atoms with Crippen LogP contribution in [0.4, 0.5) is 5.82 Å². The first-order valence-electron chi connectivity index (χ1n) is 10.6. The van der Waals surface area contributed by atoms with E-state index in [1.165, 1.54) is 6.08 Å². The van der Waals surface area contributed by atoms with Crippen LogP contribution in [0.1, 0.15) is 29.7 Å². The van der Waals surface area contributed by atoms with E-state index in [1.807, 2.05) is 18.2 Å². The van der Waals surface area contributed by atoms with Gasteiger partial charge in [-0.05, 0) is 36.6 Å². The van der Waals surface area contributed by atoms with Gasteiger partial charge in [0.2, 0.25) is 18.6 Å². The number of nitrogens with one attached hydrogen (secondary N) is 2. The number of hydrogen-bond donors (Lipinski definition) is 2. The lowest BCUT2D eigenvalue weighted by Crippen LogP contribution is -2.34. The Morgan fingerprint density at radius 2 is 2.16 bits per heavy atom. The van der Waals surface area contributed by atoms with Crippen LogP contribution in [0.15, 0.2) is 24.3 Å². The third kappa shape index (κ3) is 4.61. The Morgan fingerprint density at radius 1 is 1.25 bits per heavy atom. The fourth-order valence-corrected chi connectivity index (χ4v) is 4.93. The van der Waals surface area contributed by atoms with E-state index >= 15 is 0 Å². The van der Waals surface area contributed by atoms with Gasteiger partial charge >= 0.3 is 0 Å². The van der Waals surface area contributed by atoms with Gasteiger partial charge < -0.3 is 24.8 Å². The van der Waals surface area contributed by atoms with Crippen molar-refractivity contribution in [2.24, 2.45) is 0 Å². The summed E-state index contributed by atoms with van der Waals surface area (Å²) in [7, 11) is 0. The van der Waals surface area contributed by atoms with Crippen LogP contribution in [-0.4, -0.2) is 47.6 Å². The molecule has 1 aromatic heterocycles. The van der Waals surface area contributed by atoms with Crippen molar-refractivity contribution in [2.75, 3.05) is 25.3 Å². The van der Waals surface area contributed by atoms with Gasteiger partial charge in [-0.15, -0.1) is 0 Å². The number of nitrogens with zero attached hydrogens (tertiary/aromatic N) is 2. The van der Waals surface area contributed by atoms with Gasteiger partial charge in [0.25, 0.3) is 0 Å². The molecule has 1 unspecified atom stereocenters. The number of aromatic nitrogens is 2. The third-order valence-corrected chi connectivity index (χ3v) is 6.50. The van der Waals surface area contributed by atoms with Crippen molar-refractivity contribution >= 4 is 35.5 Å². The summed E-state index contributed by atoms with van der Waals surface area (Å²) in [6, 6.07) is 5.49. The van der Waals surface area contributed by atoms with Gasteiger partial charge in [-0.25, -0.2) is 4.68 Å². The molecule has 9 nitrogen and oxygen atoms in total. The fourth-order valence-electron chi connectivity index (χ4n) is 3.89. The van der Waals surface area contributed by atoms with E-state index in [0.29, 0.717) is 23.9 Å². The van der Waals surface area contributed by atoms with Gasteiger partial charge in [-0.3, -0.25) is 9.59 Å². The molecule has 0 spiro atoms. The summed E-state index contributed by atoms with van der Waals surface area (Å²) in [4.78, 5) is 25.1. The second-order valence-electron chi connectivity index (χ2n) is 7.80. The monoisotopic (exact) mass is 456 g/mol. The van der Waals surface area contributed by atoms with Gasteiger partial charge in [0.15, 0.2) is 11.5 Å². The molecular formula is C22H24N4O5S. The normalized spacial score (nSPS) is 18.8. The zero-order chi connectivity index (χ0) is 21.9. The van der Waals surface area contributed by atoms with Crippen molar-refractivity contribution in [3.63, 3.8) is 0 Å². The Kier molecular flexibility index (Phi) is 6.04. The molecule has 0 radical (unpaired) electrons. The molecule has 0 bridgehead atoms. The molecule has 1 aromatic carbocycles. The standard InChI is InChI=1S/C22H24N4O5S/c27-20(6-4-14-3-5-18-19(8-14)31-13-30-18)24-22-16-11-32-12-17(16)25-26(22)10-21(28)23-9-15-2-1-7-29-15/h3-6,8,15H,1-2,7,9-13H2,(H,23,28)(H,24,27)/b6-4-. The Balaban J connectivity index is 1.24. The van der Waals surface area contributed by atoms with Gasteiger partial charge in [-0.2, -0.15) is 16.9 Å². The van der Waals surface area contributed by atoms with Crippen LogP contribution < -0.4 is 20.1 Å². The summed E-state index contributed by atoms with van der Waals surface area (Å²) in [6.07, 6.45) is 5.24. The molecule has 2 N–H and O–H groups in total. The molecule has 32 heavy (non-hydrogen) atoms. The molecule has 2 amide bonds. The molecule has 3 aliphatic rings. The molecule has 3 aliphatic heterocycles. The number of fused-ring (bicyclic) bond motifs is 2. The van der Waals surface area contributed by atoms with E-state index in [1.54, 1.807) is 22.5 Å². The fraction of sp³-hybridized carbons (Fsp3) is 0.409. The van der Waals surface area contributed by atoms with Gasteiger partial charge in [-0.1, -0.05) is 6.07 Å². The van der Waals surface area contributed by atoms with Crippen molar-refractivity contribution in [1.82, 2.24) is 15.1 Å². The first-order valence-corrected chi connectivity index (χ1v) is 11.7. The number of carbonyl (C=O) groups is 2. The summed E-state index contributed by atoms with van der Waals surface area (Å²) in [5, 5.41) is 10.4. The predicted octanol–water partition coefficient (Wildman–Crippen LogP) is 2.31. The number of thioether (sulfide) groups is 1. The molecular weight excluding hydrogens is 432 g/mol. The topological polar surface area (TPSA) is 104 Å². The zero-order valence-electron chi connectivity index (χ0n) is 17.5. The minimum atomic E-state index is -0.289.